The van der Waals surface area contributed by atoms with Crippen LogP contribution in [0.1, 0.15) is 25.5 Å². The zero-order chi connectivity index (χ0) is 16.0. The average Bonchev–Trinajstić information content (AvgIpc) is 2.46. The largest absolute Gasteiger partial charge is 0.355 e. The molecular formula is C14H23N3O3S. The number of nitrogens with one attached hydrogen (secondary N) is 2. The first-order valence-corrected chi connectivity index (χ1v) is 8.27. The van der Waals surface area contributed by atoms with E-state index >= 15 is 0 Å². The molecule has 0 spiro atoms. The van der Waals surface area contributed by atoms with Crippen LogP contribution in [-0.2, 0) is 14.8 Å². The number of carbonyl (C=O) groups excluding carboxylic acids is 1. The normalized spacial score (nSPS) is 13.2. The minimum atomic E-state index is -3.65. The van der Waals surface area contributed by atoms with E-state index in [4.69, 9.17) is 0 Å². The number of hydrogen-bond acceptors (Lipinski definition) is 4. The average molecular weight is 313 g/mol. The van der Waals surface area contributed by atoms with E-state index < -0.39 is 10.0 Å². The number of nitrogens with zero attached hydrogens (tertiary/aromatic N) is 1. The lowest BCUT2D eigenvalue weighted by molar-refractivity contribution is -0.121. The molecule has 1 unspecified atom stereocenters. The first-order chi connectivity index (χ1) is 9.82. The highest BCUT2D eigenvalue weighted by molar-refractivity contribution is 7.89. The maximum atomic E-state index is 12.4. The minimum absolute atomic E-state index is 0.148. The molecule has 1 rings (SSSR count). The van der Waals surface area contributed by atoms with E-state index in [9.17, 15) is 13.2 Å². The molecule has 0 fully saturated rings. The molecule has 0 aliphatic heterocycles. The van der Waals surface area contributed by atoms with Crippen molar-refractivity contribution in [1.82, 2.24) is 14.9 Å². The Hall–Kier alpha value is -1.44. The van der Waals surface area contributed by atoms with Gasteiger partial charge in [0, 0.05) is 19.6 Å². The highest BCUT2D eigenvalue weighted by Crippen LogP contribution is 2.18. The second kappa shape index (κ2) is 7.53. The lowest BCUT2D eigenvalue weighted by Crippen LogP contribution is -2.38. The SMILES string of the molecule is CCNC(=O)CN(C)S(=O)(=O)c1ccc(C(C)NC)cc1. The Kier molecular flexibility index (Phi) is 6.32. The molecule has 2 N–H and O–H groups in total. The summed E-state index contributed by atoms with van der Waals surface area (Å²) in [6, 6.07) is 6.82. The first kappa shape index (κ1) is 17.6. The van der Waals surface area contributed by atoms with Gasteiger partial charge >= 0.3 is 0 Å². The topological polar surface area (TPSA) is 78.5 Å². The molecule has 0 heterocycles. The van der Waals surface area contributed by atoms with Gasteiger partial charge in [-0.3, -0.25) is 4.79 Å². The molecule has 118 valence electrons. The molecule has 0 bridgehead atoms. The van der Waals surface area contributed by atoms with Crippen molar-refractivity contribution in [2.75, 3.05) is 27.2 Å². The number of rotatable bonds is 7. The molecule has 6 nitrogen and oxygen atoms in total. The summed E-state index contributed by atoms with van der Waals surface area (Å²) < 4.78 is 25.8. The van der Waals surface area contributed by atoms with E-state index in [1.54, 1.807) is 31.2 Å². The fraction of sp³-hybridized carbons (Fsp3) is 0.500. The van der Waals surface area contributed by atoms with Crippen molar-refractivity contribution in [1.29, 1.82) is 0 Å². The molecule has 0 radical (unpaired) electrons. The number of hydrogen-bond donors (Lipinski definition) is 2. The van der Waals surface area contributed by atoms with Crippen molar-refractivity contribution in [2.45, 2.75) is 24.8 Å². The summed E-state index contributed by atoms with van der Waals surface area (Å²) in [7, 11) is -0.409. The second-order valence-corrected chi connectivity index (χ2v) is 6.84. The molecular weight excluding hydrogens is 290 g/mol. The van der Waals surface area contributed by atoms with E-state index in [2.05, 4.69) is 10.6 Å². The summed E-state index contributed by atoms with van der Waals surface area (Å²) in [6.07, 6.45) is 0. The maximum absolute atomic E-state index is 12.4. The van der Waals surface area contributed by atoms with E-state index in [-0.39, 0.29) is 23.4 Å². The summed E-state index contributed by atoms with van der Waals surface area (Å²) in [6.45, 7) is 4.06. The first-order valence-electron chi connectivity index (χ1n) is 6.83. The Labute approximate surface area is 126 Å². The smallest absolute Gasteiger partial charge is 0.243 e. The number of amides is 1. The van der Waals surface area contributed by atoms with Crippen molar-refractivity contribution in [3.05, 3.63) is 29.8 Å². The van der Waals surface area contributed by atoms with Crippen molar-refractivity contribution in [3.8, 4) is 0 Å². The maximum Gasteiger partial charge on any atom is 0.243 e. The Bertz CT molecular complexity index is 570. The highest BCUT2D eigenvalue weighted by Gasteiger charge is 2.22. The number of sulfonamides is 1. The minimum Gasteiger partial charge on any atom is -0.355 e. The Balaban J connectivity index is 2.89. The lowest BCUT2D eigenvalue weighted by Gasteiger charge is -2.17. The van der Waals surface area contributed by atoms with Gasteiger partial charge in [0.25, 0.3) is 0 Å². The molecule has 0 aliphatic rings. The highest BCUT2D eigenvalue weighted by atomic mass is 32.2. The fourth-order valence-corrected chi connectivity index (χ4v) is 2.94. The van der Waals surface area contributed by atoms with Gasteiger partial charge in [0.15, 0.2) is 0 Å². The third-order valence-electron chi connectivity index (χ3n) is 3.26. The van der Waals surface area contributed by atoms with E-state index in [1.807, 2.05) is 14.0 Å². The zero-order valence-electron chi connectivity index (χ0n) is 12.9. The molecule has 0 aromatic heterocycles. The summed E-state index contributed by atoms with van der Waals surface area (Å²) in [5.74, 6) is -0.316. The number of benzene rings is 1. The Morgan fingerprint density at radius 1 is 1.29 bits per heavy atom. The molecule has 21 heavy (non-hydrogen) atoms. The van der Waals surface area contributed by atoms with Crippen molar-refractivity contribution >= 4 is 15.9 Å². The van der Waals surface area contributed by atoms with Gasteiger partial charge < -0.3 is 10.6 Å². The van der Waals surface area contributed by atoms with Crippen LogP contribution in [0.4, 0.5) is 0 Å². The molecule has 1 aromatic carbocycles. The van der Waals surface area contributed by atoms with Crippen LogP contribution in [0, 0.1) is 0 Å². The molecule has 7 heteroatoms. The van der Waals surface area contributed by atoms with Crippen molar-refractivity contribution in [2.24, 2.45) is 0 Å². The number of likely N-dealkylation sites (N-methyl/N-ethyl adjacent to an activating group) is 2. The van der Waals surface area contributed by atoms with Gasteiger partial charge in [-0.15, -0.1) is 0 Å². The monoisotopic (exact) mass is 313 g/mol. The van der Waals surface area contributed by atoms with Crippen LogP contribution < -0.4 is 10.6 Å². The van der Waals surface area contributed by atoms with E-state index in [1.165, 1.54) is 7.05 Å². The quantitative estimate of drug-likeness (QED) is 0.777. The molecule has 1 atom stereocenters. The van der Waals surface area contributed by atoms with Crippen LogP contribution in [0.15, 0.2) is 29.2 Å². The van der Waals surface area contributed by atoms with Gasteiger partial charge in [0.2, 0.25) is 15.9 Å². The van der Waals surface area contributed by atoms with Gasteiger partial charge in [-0.1, -0.05) is 12.1 Å². The summed E-state index contributed by atoms with van der Waals surface area (Å²) >= 11 is 0. The van der Waals surface area contributed by atoms with Crippen LogP contribution in [0.25, 0.3) is 0 Å². The third kappa shape index (κ3) is 4.52. The molecule has 0 saturated heterocycles. The van der Waals surface area contributed by atoms with Gasteiger partial charge in [-0.25, -0.2) is 8.42 Å². The lowest BCUT2D eigenvalue weighted by atomic mass is 10.1. The van der Waals surface area contributed by atoms with Crippen LogP contribution in [0.3, 0.4) is 0 Å². The van der Waals surface area contributed by atoms with Gasteiger partial charge in [-0.2, -0.15) is 4.31 Å². The van der Waals surface area contributed by atoms with Crippen LogP contribution >= 0.6 is 0 Å². The molecule has 1 aromatic rings. The van der Waals surface area contributed by atoms with E-state index in [0.29, 0.717) is 6.54 Å². The Morgan fingerprint density at radius 2 is 1.86 bits per heavy atom. The summed E-state index contributed by atoms with van der Waals surface area (Å²) in [5.41, 5.74) is 1.00. The van der Waals surface area contributed by atoms with Crippen LogP contribution in [0.5, 0.6) is 0 Å². The molecule has 0 saturated carbocycles. The standard InChI is InChI=1S/C14H23N3O3S/c1-5-16-14(18)10-17(4)21(19,20)13-8-6-12(7-9-13)11(2)15-3/h6-9,11,15H,5,10H2,1-4H3,(H,16,18). The predicted molar refractivity (Wildman–Crippen MR) is 82.4 cm³/mol. The van der Waals surface area contributed by atoms with Crippen molar-refractivity contribution in [3.63, 3.8) is 0 Å². The van der Waals surface area contributed by atoms with Crippen molar-refractivity contribution < 1.29 is 13.2 Å². The summed E-state index contributed by atoms with van der Waals surface area (Å²) in [4.78, 5) is 11.7. The second-order valence-electron chi connectivity index (χ2n) is 4.79. The Morgan fingerprint density at radius 3 is 2.33 bits per heavy atom. The molecule has 1 amide bonds. The fourth-order valence-electron chi connectivity index (χ4n) is 1.82. The van der Waals surface area contributed by atoms with Crippen LogP contribution in [-0.4, -0.2) is 45.8 Å². The van der Waals surface area contributed by atoms with Gasteiger partial charge in [0.05, 0.1) is 11.4 Å². The van der Waals surface area contributed by atoms with Gasteiger partial charge in [0.1, 0.15) is 0 Å². The zero-order valence-corrected chi connectivity index (χ0v) is 13.7. The summed E-state index contributed by atoms with van der Waals surface area (Å²) in [5, 5.41) is 5.67. The third-order valence-corrected chi connectivity index (χ3v) is 5.08. The number of carbonyl (C=O) groups is 1. The predicted octanol–water partition coefficient (Wildman–Crippen LogP) is 0.724. The van der Waals surface area contributed by atoms with E-state index in [0.717, 1.165) is 9.87 Å². The van der Waals surface area contributed by atoms with Crippen LogP contribution in [0.2, 0.25) is 0 Å². The van der Waals surface area contributed by atoms with Gasteiger partial charge in [-0.05, 0) is 38.6 Å². The molecule has 0 aliphatic carbocycles.